The fourth-order valence-electron chi connectivity index (χ4n) is 0.645. The van der Waals surface area contributed by atoms with Crippen molar-refractivity contribution in [3.63, 3.8) is 0 Å². The molecule has 0 radical (unpaired) electrons. The molecule has 0 fully saturated rings. The van der Waals surface area contributed by atoms with Crippen LogP contribution in [0.25, 0.3) is 0 Å². The molecule has 0 saturated heterocycles. The number of nitrogens with zero attached hydrogens (tertiary/aromatic N) is 2. The molecule has 7 nitrogen and oxygen atoms in total. The van der Waals surface area contributed by atoms with Gasteiger partial charge in [-0.3, -0.25) is 0 Å². The zero-order chi connectivity index (χ0) is 12.1. The maximum Gasteiger partial charge on any atom is 0.225 e. The lowest BCUT2D eigenvalue weighted by Crippen LogP contribution is -2.34. The molecule has 0 aromatic heterocycles. The van der Waals surface area contributed by atoms with Gasteiger partial charge in [0.1, 0.15) is 0 Å². The van der Waals surface area contributed by atoms with Crippen LogP contribution >= 0.6 is 0 Å². The molecule has 0 heterocycles. The second-order valence-corrected chi connectivity index (χ2v) is 7.02. The third-order valence-electron chi connectivity index (χ3n) is 1.49. The van der Waals surface area contributed by atoms with E-state index in [9.17, 15) is 16.8 Å². The Hall–Kier alpha value is -0.690. The molecule has 0 spiro atoms. The minimum absolute atomic E-state index is 0.232. The summed E-state index contributed by atoms with van der Waals surface area (Å²) in [7, 11) is -4.37. The van der Waals surface area contributed by atoms with Crippen molar-refractivity contribution in [1.29, 1.82) is 5.26 Å². The molecule has 0 saturated carbocycles. The number of sulfonamides is 2. The number of hydrogen-bond acceptors (Lipinski definition) is 5. The zero-order valence-electron chi connectivity index (χ0n) is 8.47. The Kier molecular flexibility index (Phi) is 5.16. The molecule has 0 aliphatic rings. The predicted octanol–water partition coefficient (Wildman–Crippen LogP) is -1.68. The highest BCUT2D eigenvalue weighted by Crippen LogP contribution is 1.93. The van der Waals surface area contributed by atoms with Crippen LogP contribution < -0.4 is 4.72 Å². The summed E-state index contributed by atoms with van der Waals surface area (Å²) in [6.07, 6.45) is 0. The van der Waals surface area contributed by atoms with Crippen molar-refractivity contribution in [2.24, 2.45) is 0 Å². The summed E-state index contributed by atoms with van der Waals surface area (Å²) in [5, 5.41) is 8.15. The molecule has 0 bridgehead atoms. The van der Waals surface area contributed by atoms with E-state index in [2.05, 4.69) is 0 Å². The second kappa shape index (κ2) is 5.41. The van der Waals surface area contributed by atoms with Gasteiger partial charge in [-0.25, -0.2) is 25.9 Å². The molecular formula is C6H13N3O4S2. The van der Waals surface area contributed by atoms with Gasteiger partial charge < -0.3 is 0 Å². The molecule has 1 N–H and O–H groups in total. The zero-order valence-corrected chi connectivity index (χ0v) is 10.1. The van der Waals surface area contributed by atoms with Crippen LogP contribution in [0.15, 0.2) is 0 Å². The molecule has 0 unspecified atom stereocenters. The molecule has 0 aromatic rings. The Morgan fingerprint density at radius 3 is 2.20 bits per heavy atom. The summed E-state index contributed by atoms with van der Waals surface area (Å²) < 4.78 is 47.3. The first-order chi connectivity index (χ1) is 6.71. The largest absolute Gasteiger partial charge is 0.225 e. The van der Waals surface area contributed by atoms with Crippen LogP contribution in [0, 0.1) is 11.3 Å². The summed E-state index contributed by atoms with van der Waals surface area (Å²) >= 11 is 0. The highest BCUT2D eigenvalue weighted by molar-refractivity contribution is 7.90. The molecular weight excluding hydrogens is 242 g/mol. The lowest BCUT2D eigenvalue weighted by Gasteiger charge is -2.10. The average Bonchev–Trinajstić information content (AvgIpc) is 2.02. The lowest BCUT2D eigenvalue weighted by molar-refractivity contribution is 0.519. The van der Waals surface area contributed by atoms with E-state index in [0.29, 0.717) is 0 Å². The van der Waals surface area contributed by atoms with Gasteiger partial charge in [0.25, 0.3) is 0 Å². The minimum Gasteiger partial charge on any atom is -0.213 e. The highest BCUT2D eigenvalue weighted by atomic mass is 32.2. The predicted molar refractivity (Wildman–Crippen MR) is 54.9 cm³/mol. The molecule has 0 rings (SSSR count). The maximum atomic E-state index is 11.2. The Morgan fingerprint density at radius 2 is 1.80 bits per heavy atom. The molecule has 15 heavy (non-hydrogen) atoms. The van der Waals surface area contributed by atoms with Gasteiger partial charge in [-0.1, -0.05) is 0 Å². The number of hydrogen-bond donors (Lipinski definition) is 1. The Labute approximate surface area is 89.8 Å². The van der Waals surface area contributed by atoms with Crippen LogP contribution in [0.2, 0.25) is 0 Å². The standard InChI is InChI=1S/C6H13N3O4S2/c1-9(2)15(12,13)6-4-8-14(10,11)5-3-7/h8H,4-6H2,1-2H3. The van der Waals surface area contributed by atoms with Crippen LogP contribution in [-0.4, -0.2) is 53.3 Å². The SMILES string of the molecule is CN(C)S(=O)(=O)CCNS(=O)(=O)CC#N. The quantitative estimate of drug-likeness (QED) is 0.610. The first-order valence-corrected chi connectivity index (χ1v) is 7.22. The average molecular weight is 255 g/mol. The van der Waals surface area contributed by atoms with Crippen LogP contribution in [0.5, 0.6) is 0 Å². The normalized spacial score (nSPS) is 12.7. The van der Waals surface area contributed by atoms with Gasteiger partial charge in [-0.15, -0.1) is 0 Å². The third kappa shape index (κ3) is 5.68. The first kappa shape index (κ1) is 14.3. The lowest BCUT2D eigenvalue weighted by atomic mass is 10.8. The first-order valence-electron chi connectivity index (χ1n) is 3.96. The fourth-order valence-corrected chi connectivity index (χ4v) is 2.18. The Bertz CT molecular complexity index is 431. The van der Waals surface area contributed by atoms with E-state index in [1.54, 1.807) is 0 Å². The number of nitriles is 1. The minimum atomic E-state index is -3.67. The smallest absolute Gasteiger partial charge is 0.213 e. The van der Waals surface area contributed by atoms with Gasteiger partial charge in [0.2, 0.25) is 20.0 Å². The second-order valence-electron chi connectivity index (χ2n) is 2.91. The molecule has 0 aromatic carbocycles. The summed E-state index contributed by atoms with van der Waals surface area (Å²) in [5.74, 6) is -1.00. The van der Waals surface area contributed by atoms with E-state index in [0.717, 1.165) is 4.31 Å². The van der Waals surface area contributed by atoms with Gasteiger partial charge in [0.15, 0.2) is 5.75 Å². The Morgan fingerprint density at radius 1 is 1.27 bits per heavy atom. The van der Waals surface area contributed by atoms with Gasteiger partial charge in [0, 0.05) is 20.6 Å². The van der Waals surface area contributed by atoms with Crippen LogP contribution in [0.1, 0.15) is 0 Å². The summed E-state index contributed by atoms with van der Waals surface area (Å²) in [6, 6.07) is 1.47. The van der Waals surface area contributed by atoms with Crippen molar-refractivity contribution < 1.29 is 16.8 Å². The molecule has 0 aliphatic heterocycles. The number of nitrogens with one attached hydrogen (secondary N) is 1. The molecule has 9 heteroatoms. The third-order valence-corrected chi connectivity index (χ3v) is 4.48. The van der Waals surface area contributed by atoms with Crippen molar-refractivity contribution in [1.82, 2.24) is 9.03 Å². The van der Waals surface area contributed by atoms with Crippen molar-refractivity contribution in [2.75, 3.05) is 32.1 Å². The van der Waals surface area contributed by atoms with Gasteiger partial charge in [-0.2, -0.15) is 5.26 Å². The highest BCUT2D eigenvalue weighted by Gasteiger charge is 2.15. The Balaban J connectivity index is 4.19. The van der Waals surface area contributed by atoms with E-state index in [1.807, 2.05) is 4.72 Å². The van der Waals surface area contributed by atoms with E-state index in [1.165, 1.54) is 20.2 Å². The van der Waals surface area contributed by atoms with Gasteiger partial charge in [0.05, 0.1) is 11.8 Å². The van der Waals surface area contributed by atoms with Crippen LogP contribution in [-0.2, 0) is 20.0 Å². The van der Waals surface area contributed by atoms with Crippen molar-refractivity contribution >= 4 is 20.0 Å². The molecule has 0 amide bonds. The van der Waals surface area contributed by atoms with Gasteiger partial charge in [-0.05, 0) is 0 Å². The van der Waals surface area contributed by atoms with Crippen molar-refractivity contribution in [2.45, 2.75) is 0 Å². The molecule has 0 aliphatic carbocycles. The van der Waals surface area contributed by atoms with Crippen molar-refractivity contribution in [3.05, 3.63) is 0 Å². The fraction of sp³-hybridized carbons (Fsp3) is 0.833. The van der Waals surface area contributed by atoms with Crippen LogP contribution in [0.4, 0.5) is 0 Å². The van der Waals surface area contributed by atoms with E-state index in [4.69, 9.17) is 5.26 Å². The summed E-state index contributed by atoms with van der Waals surface area (Å²) in [6.45, 7) is -0.232. The van der Waals surface area contributed by atoms with E-state index >= 15 is 0 Å². The maximum absolute atomic E-state index is 11.2. The summed E-state index contributed by atoms with van der Waals surface area (Å²) in [4.78, 5) is 0. The van der Waals surface area contributed by atoms with Crippen LogP contribution in [0.3, 0.4) is 0 Å². The molecule has 0 atom stereocenters. The summed E-state index contributed by atoms with van der Waals surface area (Å²) in [5.41, 5.74) is 0. The monoisotopic (exact) mass is 255 g/mol. The van der Waals surface area contributed by atoms with E-state index < -0.39 is 25.8 Å². The molecule has 88 valence electrons. The topological polar surface area (TPSA) is 107 Å². The van der Waals surface area contributed by atoms with Crippen molar-refractivity contribution in [3.8, 4) is 6.07 Å². The van der Waals surface area contributed by atoms with E-state index in [-0.39, 0.29) is 12.3 Å². The van der Waals surface area contributed by atoms with Gasteiger partial charge >= 0.3 is 0 Å². The number of rotatable bonds is 6.